The van der Waals surface area contributed by atoms with Gasteiger partial charge in [0.2, 0.25) is 0 Å². The Kier molecular flexibility index (Phi) is 5.78. The Labute approximate surface area is 201 Å². The summed E-state index contributed by atoms with van der Waals surface area (Å²) in [5.74, 6) is 0.525. The lowest BCUT2D eigenvalue weighted by molar-refractivity contribution is 0.0525. The van der Waals surface area contributed by atoms with Crippen molar-refractivity contribution in [3.8, 4) is 5.82 Å². The van der Waals surface area contributed by atoms with Crippen LogP contribution in [-0.4, -0.2) is 36.9 Å². The molecular formula is C26H29N5O4. The molecule has 0 saturated heterocycles. The number of carbonyl (C=O) groups is 1. The van der Waals surface area contributed by atoms with E-state index in [4.69, 9.17) is 4.74 Å². The number of aromatic amines is 1. The molecule has 1 aliphatic carbocycles. The second-order valence-corrected chi connectivity index (χ2v) is 9.48. The van der Waals surface area contributed by atoms with E-state index in [2.05, 4.69) is 29.0 Å². The zero-order valence-corrected chi connectivity index (χ0v) is 20.4. The number of ether oxygens (including phenoxy) is 1. The quantitative estimate of drug-likeness (QED) is 0.354. The van der Waals surface area contributed by atoms with Crippen molar-refractivity contribution >= 4 is 27.8 Å². The number of carbonyl (C=O) groups excluding carboxylic acids is 1. The predicted molar refractivity (Wildman–Crippen MR) is 133 cm³/mol. The fourth-order valence-corrected chi connectivity index (χ4v) is 5.25. The van der Waals surface area contributed by atoms with Gasteiger partial charge in [0.05, 0.1) is 28.4 Å². The van der Waals surface area contributed by atoms with Crippen LogP contribution in [0.3, 0.4) is 0 Å². The van der Waals surface area contributed by atoms with Crippen LogP contribution >= 0.6 is 0 Å². The molecule has 1 saturated carbocycles. The Balaban J connectivity index is 1.68. The third kappa shape index (κ3) is 3.75. The number of hydrogen-bond donors (Lipinski definition) is 1. The molecule has 0 aliphatic heterocycles. The van der Waals surface area contributed by atoms with Crippen LogP contribution in [-0.2, 0) is 4.74 Å². The molecule has 1 N–H and O–H groups in total. The Bertz CT molecular complexity index is 1560. The number of aryl methyl sites for hydroxylation is 1. The summed E-state index contributed by atoms with van der Waals surface area (Å²) >= 11 is 0. The van der Waals surface area contributed by atoms with Gasteiger partial charge in [-0.1, -0.05) is 26.7 Å². The van der Waals surface area contributed by atoms with Crippen LogP contribution in [0.5, 0.6) is 0 Å². The maximum Gasteiger partial charge on any atom is 0.343 e. The first-order valence-electron chi connectivity index (χ1n) is 12.1. The van der Waals surface area contributed by atoms with E-state index >= 15 is 0 Å². The van der Waals surface area contributed by atoms with E-state index in [1.165, 1.54) is 17.2 Å². The molecule has 4 heterocycles. The Morgan fingerprint density at radius 1 is 1.11 bits per heavy atom. The number of aromatic nitrogens is 5. The van der Waals surface area contributed by atoms with Crippen LogP contribution in [0.15, 0.2) is 40.2 Å². The molecule has 3 atom stereocenters. The molecular weight excluding hydrogens is 446 g/mol. The van der Waals surface area contributed by atoms with Gasteiger partial charge >= 0.3 is 5.97 Å². The van der Waals surface area contributed by atoms with Gasteiger partial charge in [0.15, 0.2) is 5.82 Å². The zero-order valence-electron chi connectivity index (χ0n) is 20.4. The molecule has 1 fully saturated rings. The van der Waals surface area contributed by atoms with Gasteiger partial charge in [-0.25, -0.2) is 9.78 Å². The highest BCUT2D eigenvalue weighted by Crippen LogP contribution is 2.37. The minimum atomic E-state index is -0.559. The fraction of sp³-hybridized carbons (Fsp3) is 0.423. The average molecular weight is 476 g/mol. The van der Waals surface area contributed by atoms with Crippen molar-refractivity contribution in [1.29, 1.82) is 0 Å². The molecule has 9 nitrogen and oxygen atoms in total. The summed E-state index contributed by atoms with van der Waals surface area (Å²) < 4.78 is 8.25. The molecule has 4 aromatic rings. The van der Waals surface area contributed by atoms with Gasteiger partial charge in [-0.2, -0.15) is 5.10 Å². The summed E-state index contributed by atoms with van der Waals surface area (Å²) in [6.45, 7) is 8.06. The largest absolute Gasteiger partial charge is 0.462 e. The molecule has 0 spiro atoms. The van der Waals surface area contributed by atoms with Gasteiger partial charge in [-0.3, -0.25) is 19.3 Å². The molecule has 4 aromatic heterocycles. The number of pyridine rings is 3. The van der Waals surface area contributed by atoms with E-state index in [1.807, 2.05) is 16.8 Å². The summed E-state index contributed by atoms with van der Waals surface area (Å²) in [6.07, 6.45) is 6.59. The molecule has 9 heteroatoms. The molecule has 35 heavy (non-hydrogen) atoms. The van der Waals surface area contributed by atoms with Crippen LogP contribution in [0, 0.1) is 18.8 Å². The van der Waals surface area contributed by atoms with E-state index in [0.717, 1.165) is 12.8 Å². The third-order valence-corrected chi connectivity index (χ3v) is 7.43. The summed E-state index contributed by atoms with van der Waals surface area (Å²) in [7, 11) is 0. The molecule has 5 rings (SSSR count). The van der Waals surface area contributed by atoms with Gasteiger partial charge in [-0.05, 0) is 50.3 Å². The molecule has 1 aliphatic rings. The van der Waals surface area contributed by atoms with E-state index in [0.29, 0.717) is 33.9 Å². The Morgan fingerprint density at radius 2 is 1.83 bits per heavy atom. The van der Waals surface area contributed by atoms with Crippen LogP contribution in [0.1, 0.15) is 62.1 Å². The summed E-state index contributed by atoms with van der Waals surface area (Å²) in [5, 5.41) is 7.63. The monoisotopic (exact) mass is 475 g/mol. The number of fused-ring (bicyclic) bond motifs is 2. The first-order valence-corrected chi connectivity index (χ1v) is 12.1. The lowest BCUT2D eigenvalue weighted by Gasteiger charge is -2.35. The molecule has 0 radical (unpaired) electrons. The maximum absolute atomic E-state index is 13.5. The van der Waals surface area contributed by atoms with Gasteiger partial charge < -0.3 is 9.30 Å². The average Bonchev–Trinajstić information content (AvgIpc) is 3.22. The van der Waals surface area contributed by atoms with Gasteiger partial charge in [0.1, 0.15) is 5.56 Å². The number of H-pyrrole nitrogens is 1. The third-order valence-electron chi connectivity index (χ3n) is 7.43. The van der Waals surface area contributed by atoms with Gasteiger partial charge in [0.25, 0.3) is 11.1 Å². The molecule has 0 unspecified atom stereocenters. The number of esters is 1. The van der Waals surface area contributed by atoms with E-state index in [1.54, 1.807) is 26.0 Å². The normalized spacial score (nSPS) is 20.4. The highest BCUT2D eigenvalue weighted by Gasteiger charge is 2.29. The summed E-state index contributed by atoms with van der Waals surface area (Å²) in [5.41, 5.74) is 1.17. The lowest BCUT2D eigenvalue weighted by atomic mass is 9.78. The molecule has 0 aromatic carbocycles. The second kappa shape index (κ2) is 8.79. The van der Waals surface area contributed by atoms with Crippen molar-refractivity contribution in [2.75, 3.05) is 6.61 Å². The van der Waals surface area contributed by atoms with Crippen molar-refractivity contribution in [2.24, 2.45) is 11.8 Å². The van der Waals surface area contributed by atoms with Crippen molar-refractivity contribution in [3.05, 3.63) is 62.6 Å². The van der Waals surface area contributed by atoms with E-state index in [-0.39, 0.29) is 35.0 Å². The number of rotatable bonds is 4. The summed E-state index contributed by atoms with van der Waals surface area (Å²) in [6, 6.07) is 5.28. The van der Waals surface area contributed by atoms with Crippen molar-refractivity contribution in [2.45, 2.75) is 53.0 Å². The summed E-state index contributed by atoms with van der Waals surface area (Å²) in [4.78, 5) is 44.2. The molecule has 182 valence electrons. The van der Waals surface area contributed by atoms with Crippen molar-refractivity contribution < 1.29 is 9.53 Å². The van der Waals surface area contributed by atoms with Crippen LogP contribution in [0.4, 0.5) is 0 Å². The first kappa shape index (κ1) is 23.0. The standard InChI is InChI=1S/C26H29N5O4/c1-5-35-26(34)22-16(4)28-29-23(22)31-12-10-20-18(25(31)33)13-17-19(27-20)9-11-30(24(17)32)21-8-6-7-14(2)15(21)3/h9-15,21H,5-8H2,1-4H3,(H,28,29)/t14-,15+,21-/m1/s1. The Morgan fingerprint density at radius 3 is 2.57 bits per heavy atom. The highest BCUT2D eigenvalue weighted by molar-refractivity contribution is 5.95. The molecule has 0 bridgehead atoms. The second-order valence-electron chi connectivity index (χ2n) is 9.48. The smallest absolute Gasteiger partial charge is 0.343 e. The lowest BCUT2D eigenvalue weighted by Crippen LogP contribution is -2.33. The van der Waals surface area contributed by atoms with Crippen LogP contribution in [0.25, 0.3) is 27.6 Å². The maximum atomic E-state index is 13.5. The first-order chi connectivity index (χ1) is 16.8. The Hall–Kier alpha value is -3.75. The van der Waals surface area contributed by atoms with Crippen LogP contribution in [0.2, 0.25) is 0 Å². The van der Waals surface area contributed by atoms with Crippen molar-refractivity contribution in [3.63, 3.8) is 0 Å². The topological polar surface area (TPSA) is 112 Å². The van der Waals surface area contributed by atoms with E-state index < -0.39 is 11.5 Å². The number of hydrogen-bond acceptors (Lipinski definition) is 6. The van der Waals surface area contributed by atoms with Gasteiger partial charge in [0, 0.05) is 24.1 Å². The molecule has 0 amide bonds. The SMILES string of the molecule is CCOC(=O)c1c(-n2ccc3nc4ccn([C@@H]5CCC[C@@H](C)[C@@H]5C)c(=O)c4cc3c2=O)n[nH]c1C. The fourth-order valence-electron chi connectivity index (χ4n) is 5.25. The minimum Gasteiger partial charge on any atom is -0.462 e. The van der Waals surface area contributed by atoms with Crippen molar-refractivity contribution in [1.82, 2.24) is 24.3 Å². The van der Waals surface area contributed by atoms with Crippen LogP contribution < -0.4 is 11.1 Å². The van der Waals surface area contributed by atoms with Gasteiger partial charge in [-0.15, -0.1) is 0 Å². The zero-order chi connectivity index (χ0) is 24.9. The van der Waals surface area contributed by atoms with E-state index in [9.17, 15) is 14.4 Å². The predicted octanol–water partition coefficient (Wildman–Crippen LogP) is 3.91. The number of nitrogens with one attached hydrogen (secondary N) is 1. The number of nitrogens with zero attached hydrogens (tertiary/aromatic N) is 4. The highest BCUT2D eigenvalue weighted by atomic mass is 16.5. The minimum absolute atomic E-state index is 0.123.